The van der Waals surface area contributed by atoms with Gasteiger partial charge in [0.05, 0.1) is 6.26 Å². The molecule has 4 rings (SSSR count). The van der Waals surface area contributed by atoms with Crippen molar-refractivity contribution in [1.29, 1.82) is 0 Å². The summed E-state index contributed by atoms with van der Waals surface area (Å²) in [6.07, 6.45) is 12.4. The molecular weight excluding hydrogens is 302 g/mol. The van der Waals surface area contributed by atoms with Crippen molar-refractivity contribution in [1.82, 2.24) is 15.2 Å². The minimum Gasteiger partial charge on any atom is -0.469 e. The summed E-state index contributed by atoms with van der Waals surface area (Å²) in [5, 5.41) is 6.95. The van der Waals surface area contributed by atoms with E-state index in [-0.39, 0.29) is 0 Å². The lowest BCUT2D eigenvalue weighted by Crippen LogP contribution is -2.63. The summed E-state index contributed by atoms with van der Waals surface area (Å²) in [5.41, 5.74) is 0.755. The van der Waals surface area contributed by atoms with Gasteiger partial charge in [0.15, 0.2) is 0 Å². The van der Waals surface area contributed by atoms with E-state index in [0.717, 1.165) is 25.5 Å². The molecule has 4 nitrogen and oxygen atoms in total. The monoisotopic (exact) mass is 329 g/mol. The average molecular weight is 330 g/mol. The Hall–Kier alpha value is -1.14. The Labute approximate surface area is 139 Å². The third-order valence-corrected chi connectivity index (χ3v) is 10.5. The summed E-state index contributed by atoms with van der Waals surface area (Å²) >= 11 is 0. The fourth-order valence-corrected chi connectivity index (χ4v) is 8.38. The van der Waals surface area contributed by atoms with E-state index in [0.29, 0.717) is 17.8 Å². The number of rotatable bonds is 3. The smallest absolute Gasteiger partial charge is 0.128 e. The summed E-state index contributed by atoms with van der Waals surface area (Å²) in [6, 6.07) is 4.19. The normalized spacial score (nSPS) is 34.7. The van der Waals surface area contributed by atoms with Crippen molar-refractivity contribution >= 4 is 8.24 Å². The Morgan fingerprint density at radius 2 is 1.87 bits per heavy atom. The van der Waals surface area contributed by atoms with Crippen LogP contribution in [-0.4, -0.2) is 32.8 Å². The van der Waals surface area contributed by atoms with Crippen LogP contribution in [0.2, 0.25) is 18.6 Å². The molecule has 3 aliphatic rings. The fraction of sp³-hybridized carbons (Fsp3) is 0.556. The van der Waals surface area contributed by atoms with Gasteiger partial charge in [-0.15, -0.1) is 0 Å². The van der Waals surface area contributed by atoms with Gasteiger partial charge in [-0.2, -0.15) is 0 Å². The van der Waals surface area contributed by atoms with Gasteiger partial charge in [0, 0.05) is 25.9 Å². The maximum absolute atomic E-state index is 5.79. The summed E-state index contributed by atoms with van der Waals surface area (Å²) < 4.78 is 8.47. The van der Waals surface area contributed by atoms with Crippen LogP contribution < -0.4 is 10.6 Å². The van der Waals surface area contributed by atoms with Crippen molar-refractivity contribution in [3.05, 3.63) is 48.5 Å². The molecule has 2 heterocycles. The fourth-order valence-electron chi connectivity index (χ4n) is 4.77. The molecule has 1 aromatic rings. The third-order valence-electron chi connectivity index (χ3n) is 6.15. The van der Waals surface area contributed by atoms with Gasteiger partial charge in [-0.1, -0.05) is 37.4 Å². The molecule has 2 aliphatic carbocycles. The zero-order valence-electron chi connectivity index (χ0n) is 14.0. The van der Waals surface area contributed by atoms with Crippen molar-refractivity contribution in [2.45, 2.75) is 31.0 Å². The van der Waals surface area contributed by atoms with Crippen LogP contribution in [0.15, 0.2) is 47.1 Å². The zero-order valence-corrected chi connectivity index (χ0v) is 15.0. The Kier molecular flexibility index (Phi) is 4.05. The number of hydrogen-bond acceptors (Lipinski definition) is 4. The average Bonchev–Trinajstić information content (AvgIpc) is 3.23. The predicted octanol–water partition coefficient (Wildman–Crippen LogP) is 3.07. The molecule has 2 N–H and O–H groups in total. The molecule has 0 aromatic carbocycles. The third kappa shape index (κ3) is 2.65. The van der Waals surface area contributed by atoms with Gasteiger partial charge in [0.2, 0.25) is 0 Å². The Bertz CT molecular complexity index is 589. The van der Waals surface area contributed by atoms with Gasteiger partial charge in [-0.05, 0) is 35.9 Å². The van der Waals surface area contributed by atoms with Crippen LogP contribution in [0.25, 0.3) is 0 Å². The van der Waals surface area contributed by atoms with Gasteiger partial charge in [0.1, 0.15) is 14.0 Å². The van der Waals surface area contributed by atoms with E-state index >= 15 is 0 Å². The van der Waals surface area contributed by atoms with Crippen LogP contribution in [0.1, 0.15) is 18.1 Å². The molecule has 2 fully saturated rings. The highest BCUT2D eigenvalue weighted by Crippen LogP contribution is 2.56. The molecule has 1 saturated carbocycles. The first-order valence-electron chi connectivity index (χ1n) is 8.73. The van der Waals surface area contributed by atoms with Crippen molar-refractivity contribution in [3.8, 4) is 0 Å². The van der Waals surface area contributed by atoms with Crippen LogP contribution in [0.4, 0.5) is 0 Å². The van der Waals surface area contributed by atoms with E-state index in [4.69, 9.17) is 4.42 Å². The van der Waals surface area contributed by atoms with Crippen molar-refractivity contribution in [2.75, 3.05) is 20.0 Å². The summed E-state index contributed by atoms with van der Waals surface area (Å²) in [7, 11) is -1.55. The molecule has 1 saturated heterocycles. The molecule has 1 aliphatic heterocycles. The SMILES string of the molecule is C[Si](C)(C1C[C@H](c2ccco2)C2C=CC=CC21)N1CNCNC1. The van der Waals surface area contributed by atoms with Gasteiger partial charge in [-0.3, -0.25) is 15.2 Å². The minimum absolute atomic E-state index is 0.527. The van der Waals surface area contributed by atoms with E-state index in [1.54, 1.807) is 0 Å². The number of nitrogens with zero attached hydrogens (tertiary/aromatic N) is 1. The standard InChI is InChI=1S/C18H27N3OSi/c1-23(2,21-12-19-11-20-13-21)18-10-16(17-8-5-9-22-17)14-6-3-4-7-15(14)18/h3-9,14-16,18-20H,10-13H2,1-2H3/t14?,15?,16-,18?/m0/s1. The molecule has 0 radical (unpaired) electrons. The second kappa shape index (κ2) is 6.05. The number of hydrogen-bond donors (Lipinski definition) is 2. The molecule has 4 atom stereocenters. The lowest BCUT2D eigenvalue weighted by atomic mass is 9.85. The molecule has 0 spiro atoms. The first kappa shape index (κ1) is 15.4. The molecule has 124 valence electrons. The van der Waals surface area contributed by atoms with Crippen molar-refractivity contribution in [2.24, 2.45) is 11.8 Å². The van der Waals surface area contributed by atoms with Crippen LogP contribution in [0.5, 0.6) is 0 Å². The Morgan fingerprint density at radius 1 is 1.13 bits per heavy atom. The summed E-state index contributed by atoms with van der Waals surface area (Å²) in [6.45, 7) is 8.05. The minimum atomic E-state index is -1.55. The maximum Gasteiger partial charge on any atom is 0.128 e. The number of allylic oxidation sites excluding steroid dienone is 4. The van der Waals surface area contributed by atoms with E-state index in [1.807, 2.05) is 12.3 Å². The lowest BCUT2D eigenvalue weighted by Gasteiger charge is -2.45. The summed E-state index contributed by atoms with van der Waals surface area (Å²) in [4.78, 5) is 0. The molecule has 0 amide bonds. The summed E-state index contributed by atoms with van der Waals surface area (Å²) in [5.74, 6) is 2.94. The van der Waals surface area contributed by atoms with Crippen LogP contribution in [-0.2, 0) is 0 Å². The second-order valence-electron chi connectivity index (χ2n) is 7.58. The van der Waals surface area contributed by atoms with Crippen molar-refractivity contribution in [3.63, 3.8) is 0 Å². The molecule has 3 unspecified atom stereocenters. The maximum atomic E-state index is 5.79. The topological polar surface area (TPSA) is 40.4 Å². The highest BCUT2D eigenvalue weighted by atomic mass is 28.3. The highest BCUT2D eigenvalue weighted by molar-refractivity contribution is 6.76. The van der Waals surface area contributed by atoms with E-state index < -0.39 is 8.24 Å². The van der Waals surface area contributed by atoms with Crippen LogP contribution in [0, 0.1) is 11.8 Å². The predicted molar refractivity (Wildman–Crippen MR) is 95.3 cm³/mol. The zero-order chi connectivity index (χ0) is 15.9. The van der Waals surface area contributed by atoms with Gasteiger partial charge in [0.25, 0.3) is 0 Å². The molecule has 0 bridgehead atoms. The number of nitrogens with one attached hydrogen (secondary N) is 2. The first-order chi connectivity index (χ1) is 11.2. The van der Waals surface area contributed by atoms with E-state index in [9.17, 15) is 0 Å². The van der Waals surface area contributed by atoms with Crippen LogP contribution >= 0.6 is 0 Å². The second-order valence-corrected chi connectivity index (χ2v) is 12.3. The lowest BCUT2D eigenvalue weighted by molar-refractivity contribution is 0.283. The van der Waals surface area contributed by atoms with E-state index in [2.05, 4.69) is 58.7 Å². The quantitative estimate of drug-likeness (QED) is 0.836. The molecule has 1 aromatic heterocycles. The van der Waals surface area contributed by atoms with Gasteiger partial charge in [-0.25, -0.2) is 0 Å². The highest BCUT2D eigenvalue weighted by Gasteiger charge is 2.51. The first-order valence-corrected chi connectivity index (χ1v) is 11.8. The Morgan fingerprint density at radius 3 is 2.57 bits per heavy atom. The molecule has 23 heavy (non-hydrogen) atoms. The number of fused-ring (bicyclic) bond motifs is 1. The van der Waals surface area contributed by atoms with Gasteiger partial charge >= 0.3 is 0 Å². The molecule has 5 heteroatoms. The van der Waals surface area contributed by atoms with Crippen LogP contribution in [0.3, 0.4) is 0 Å². The van der Waals surface area contributed by atoms with E-state index in [1.165, 1.54) is 12.2 Å². The van der Waals surface area contributed by atoms with Crippen molar-refractivity contribution < 1.29 is 4.42 Å². The molecular formula is C18H27N3OSi. The van der Waals surface area contributed by atoms with Gasteiger partial charge < -0.3 is 4.42 Å². The largest absolute Gasteiger partial charge is 0.469 e. The number of furan rings is 1. The Balaban J connectivity index is 1.63.